The molecule has 12 rings (SSSR count). The molecule has 0 unspecified atom stereocenters. The highest BCUT2D eigenvalue weighted by molar-refractivity contribution is 7.26. The van der Waals surface area contributed by atoms with Crippen LogP contribution in [0.15, 0.2) is 200 Å². The Bertz CT molecular complexity index is 3340. The van der Waals surface area contributed by atoms with E-state index < -0.39 is 0 Å². The molecule has 4 heteroatoms. The molecule has 266 valence electrons. The standard InChI is InChI=1S/C53H33N3S/c1-3-16-35(17-4-1)55-48-29-10-7-20-38(48)41-24-14-27-44(51(41)55)46-32-34(37-23-13-26-43-40-22-9-12-31-50(40)57-53(37)43)33-47(54-46)45-28-15-25-42-39-21-8-11-30-49(39)56(52(42)45)36-18-5-2-6-19-36/h1-33H. The van der Waals surface area contributed by atoms with E-state index in [1.165, 1.54) is 58.3 Å². The van der Waals surface area contributed by atoms with Crippen LogP contribution in [0, 0.1) is 0 Å². The third kappa shape index (κ3) is 4.88. The summed E-state index contributed by atoms with van der Waals surface area (Å²) in [6, 6.07) is 72.4. The third-order valence-corrected chi connectivity index (χ3v) is 12.7. The molecule has 0 saturated heterocycles. The third-order valence-electron chi connectivity index (χ3n) is 11.5. The van der Waals surface area contributed by atoms with Gasteiger partial charge in [0.25, 0.3) is 0 Å². The van der Waals surface area contributed by atoms with E-state index in [2.05, 4.69) is 209 Å². The van der Waals surface area contributed by atoms with Crippen molar-refractivity contribution in [2.45, 2.75) is 0 Å². The zero-order valence-corrected chi connectivity index (χ0v) is 31.6. The molecular weight excluding hydrogens is 711 g/mol. The van der Waals surface area contributed by atoms with Gasteiger partial charge in [0.05, 0.1) is 33.5 Å². The number of fused-ring (bicyclic) bond motifs is 9. The zero-order chi connectivity index (χ0) is 37.5. The fraction of sp³-hybridized carbons (Fsp3) is 0. The second-order valence-corrected chi connectivity index (χ2v) is 15.7. The van der Waals surface area contributed by atoms with Gasteiger partial charge in [-0.3, -0.25) is 0 Å². The summed E-state index contributed by atoms with van der Waals surface area (Å²) >= 11 is 1.87. The Morgan fingerprint density at radius 3 is 1.35 bits per heavy atom. The SMILES string of the molecule is c1ccc(-n2c3ccccc3c3cccc(-c4cc(-c5cccc6c5sc5ccccc56)cc(-c5cccc6c7ccccc7n(-c7ccccc7)c56)n4)c32)cc1. The summed E-state index contributed by atoms with van der Waals surface area (Å²) in [5, 5.41) is 7.44. The average molecular weight is 744 g/mol. The van der Waals surface area contributed by atoms with Crippen LogP contribution in [0.1, 0.15) is 0 Å². The molecule has 8 aromatic carbocycles. The van der Waals surface area contributed by atoms with Gasteiger partial charge in [-0.05, 0) is 65.7 Å². The molecule has 0 atom stereocenters. The number of rotatable bonds is 5. The predicted molar refractivity (Wildman–Crippen MR) is 242 cm³/mol. The van der Waals surface area contributed by atoms with Crippen molar-refractivity contribution >= 4 is 75.1 Å². The Labute approximate surface area is 333 Å². The molecule has 0 radical (unpaired) electrons. The quantitative estimate of drug-likeness (QED) is 0.172. The topological polar surface area (TPSA) is 22.8 Å². The van der Waals surface area contributed by atoms with Crippen molar-refractivity contribution in [2.75, 3.05) is 0 Å². The molecule has 4 heterocycles. The minimum atomic E-state index is 0.936. The van der Waals surface area contributed by atoms with Gasteiger partial charge in [-0.2, -0.15) is 0 Å². The van der Waals surface area contributed by atoms with E-state index in [0.29, 0.717) is 0 Å². The molecule has 0 aliphatic rings. The van der Waals surface area contributed by atoms with Gasteiger partial charge in [-0.25, -0.2) is 4.98 Å². The van der Waals surface area contributed by atoms with Gasteiger partial charge in [-0.15, -0.1) is 11.3 Å². The van der Waals surface area contributed by atoms with E-state index in [4.69, 9.17) is 4.98 Å². The van der Waals surface area contributed by atoms with Gasteiger partial charge in [0.15, 0.2) is 0 Å². The molecule has 0 aliphatic carbocycles. The highest BCUT2D eigenvalue weighted by atomic mass is 32.1. The van der Waals surface area contributed by atoms with E-state index in [1.807, 2.05) is 11.3 Å². The van der Waals surface area contributed by atoms with Crippen LogP contribution in [-0.2, 0) is 0 Å². The van der Waals surface area contributed by atoms with E-state index in [0.717, 1.165) is 50.5 Å². The number of pyridine rings is 1. The first-order valence-corrected chi connectivity index (χ1v) is 20.2. The maximum absolute atomic E-state index is 5.71. The first kappa shape index (κ1) is 32.0. The van der Waals surface area contributed by atoms with Gasteiger partial charge < -0.3 is 9.13 Å². The van der Waals surface area contributed by atoms with Gasteiger partial charge in [-0.1, -0.05) is 146 Å². The Kier molecular flexibility index (Phi) is 7.10. The lowest BCUT2D eigenvalue weighted by Crippen LogP contribution is -1.98. The molecule has 57 heavy (non-hydrogen) atoms. The number of nitrogens with zero attached hydrogens (tertiary/aromatic N) is 3. The van der Waals surface area contributed by atoms with Crippen molar-refractivity contribution in [3.63, 3.8) is 0 Å². The molecule has 0 fully saturated rings. The van der Waals surface area contributed by atoms with Gasteiger partial charge in [0, 0.05) is 64.2 Å². The first-order valence-electron chi connectivity index (χ1n) is 19.4. The monoisotopic (exact) mass is 743 g/mol. The van der Waals surface area contributed by atoms with Gasteiger partial charge in [0.1, 0.15) is 0 Å². The molecule has 0 spiro atoms. The Morgan fingerprint density at radius 1 is 0.351 bits per heavy atom. The van der Waals surface area contributed by atoms with Crippen molar-refractivity contribution in [1.82, 2.24) is 14.1 Å². The Balaban J connectivity index is 1.21. The van der Waals surface area contributed by atoms with Crippen LogP contribution in [0.3, 0.4) is 0 Å². The minimum absolute atomic E-state index is 0.936. The molecule has 0 amide bonds. The lowest BCUT2D eigenvalue weighted by molar-refractivity contribution is 1.17. The van der Waals surface area contributed by atoms with E-state index >= 15 is 0 Å². The fourth-order valence-corrected chi connectivity index (χ4v) is 10.3. The van der Waals surface area contributed by atoms with Crippen molar-refractivity contribution in [2.24, 2.45) is 0 Å². The average Bonchev–Trinajstić information content (AvgIpc) is 3.95. The molecule has 3 nitrogen and oxygen atoms in total. The highest BCUT2D eigenvalue weighted by Gasteiger charge is 2.22. The van der Waals surface area contributed by atoms with Crippen LogP contribution in [0.4, 0.5) is 0 Å². The summed E-state index contributed by atoms with van der Waals surface area (Å²) in [4.78, 5) is 5.71. The second kappa shape index (κ2) is 12.6. The summed E-state index contributed by atoms with van der Waals surface area (Å²) in [7, 11) is 0. The summed E-state index contributed by atoms with van der Waals surface area (Å²) in [5.74, 6) is 0. The molecule has 0 bridgehead atoms. The Morgan fingerprint density at radius 2 is 0.789 bits per heavy atom. The van der Waals surface area contributed by atoms with Crippen molar-refractivity contribution in [3.8, 4) is 45.0 Å². The molecular formula is C53H33N3S. The molecule has 12 aromatic rings. The maximum atomic E-state index is 5.71. The lowest BCUT2D eigenvalue weighted by Gasteiger charge is -2.16. The van der Waals surface area contributed by atoms with Crippen molar-refractivity contribution in [3.05, 3.63) is 200 Å². The molecule has 0 N–H and O–H groups in total. The fourth-order valence-electron chi connectivity index (χ4n) is 9.08. The summed E-state index contributed by atoms with van der Waals surface area (Å²) in [5.41, 5.74) is 13.3. The van der Waals surface area contributed by atoms with Crippen LogP contribution >= 0.6 is 11.3 Å². The van der Waals surface area contributed by atoms with Crippen molar-refractivity contribution in [1.29, 1.82) is 0 Å². The molecule has 4 aromatic heterocycles. The number of thiophene rings is 1. The summed E-state index contributed by atoms with van der Waals surface area (Å²) < 4.78 is 7.41. The number of benzene rings is 8. The van der Waals surface area contributed by atoms with Crippen LogP contribution in [0.2, 0.25) is 0 Å². The highest BCUT2D eigenvalue weighted by Crippen LogP contribution is 2.45. The van der Waals surface area contributed by atoms with Crippen LogP contribution in [0.25, 0.3) is 109 Å². The number of hydrogen-bond acceptors (Lipinski definition) is 2. The van der Waals surface area contributed by atoms with Gasteiger partial charge >= 0.3 is 0 Å². The zero-order valence-electron chi connectivity index (χ0n) is 30.8. The number of hydrogen-bond donors (Lipinski definition) is 0. The Hall–Kier alpha value is -7.27. The smallest absolute Gasteiger partial charge is 0.0737 e. The lowest BCUT2D eigenvalue weighted by atomic mass is 9.97. The van der Waals surface area contributed by atoms with E-state index in [-0.39, 0.29) is 0 Å². The molecule has 0 aliphatic heterocycles. The van der Waals surface area contributed by atoms with Crippen LogP contribution in [0.5, 0.6) is 0 Å². The summed E-state index contributed by atoms with van der Waals surface area (Å²) in [6.07, 6.45) is 0. The second-order valence-electron chi connectivity index (χ2n) is 14.7. The van der Waals surface area contributed by atoms with Crippen molar-refractivity contribution < 1.29 is 0 Å². The summed E-state index contributed by atoms with van der Waals surface area (Å²) in [6.45, 7) is 0. The van der Waals surface area contributed by atoms with Gasteiger partial charge in [0.2, 0.25) is 0 Å². The first-order chi connectivity index (χ1) is 28.3. The minimum Gasteiger partial charge on any atom is -0.309 e. The number of aromatic nitrogens is 3. The van der Waals surface area contributed by atoms with Crippen LogP contribution in [-0.4, -0.2) is 14.1 Å². The number of para-hydroxylation sites is 6. The van der Waals surface area contributed by atoms with E-state index in [9.17, 15) is 0 Å². The normalized spacial score (nSPS) is 11.9. The van der Waals surface area contributed by atoms with E-state index in [1.54, 1.807) is 0 Å². The van der Waals surface area contributed by atoms with Crippen LogP contribution < -0.4 is 0 Å². The maximum Gasteiger partial charge on any atom is 0.0737 e. The molecule has 0 saturated carbocycles. The largest absolute Gasteiger partial charge is 0.309 e. The predicted octanol–water partition coefficient (Wildman–Crippen LogP) is 14.6.